The number of nitriles is 1. The quantitative estimate of drug-likeness (QED) is 0.568. The second-order valence-electron chi connectivity index (χ2n) is 7.42. The van der Waals surface area contributed by atoms with E-state index in [2.05, 4.69) is 0 Å². The number of ether oxygens (including phenoxy) is 1. The van der Waals surface area contributed by atoms with E-state index in [0.29, 0.717) is 11.1 Å². The van der Waals surface area contributed by atoms with Crippen LogP contribution in [-0.4, -0.2) is 22.7 Å². The maximum atomic E-state index is 14.2. The summed E-state index contributed by atoms with van der Waals surface area (Å²) in [5.74, 6) is -1.49. The van der Waals surface area contributed by atoms with Crippen molar-refractivity contribution in [1.29, 1.82) is 5.26 Å². The average molecular weight is 427 g/mol. The number of allylic oxidation sites excluding steroid dienone is 2. The fraction of sp³-hybridized carbons (Fsp3) is 0.227. The number of nitrogens with zero attached hydrogens (tertiary/aromatic N) is 2. The lowest BCUT2D eigenvalue weighted by Gasteiger charge is -2.46. The van der Waals surface area contributed by atoms with E-state index in [4.69, 9.17) is 10.5 Å². The number of hydrogen-bond acceptors (Lipinski definition) is 5. The second-order valence-corrected chi connectivity index (χ2v) is 7.42. The molecule has 9 heteroatoms. The molecule has 1 aliphatic carbocycles. The van der Waals surface area contributed by atoms with Crippen LogP contribution in [0.25, 0.3) is 5.57 Å². The van der Waals surface area contributed by atoms with Crippen molar-refractivity contribution in [3.8, 4) is 11.8 Å². The molecule has 0 radical (unpaired) electrons. The van der Waals surface area contributed by atoms with Crippen molar-refractivity contribution in [3.63, 3.8) is 0 Å². The van der Waals surface area contributed by atoms with Gasteiger partial charge in [-0.15, -0.1) is 0 Å². The highest BCUT2D eigenvalue weighted by atomic mass is 19.4. The third-order valence-electron chi connectivity index (χ3n) is 5.87. The summed E-state index contributed by atoms with van der Waals surface area (Å²) in [6.45, 7) is 1.50. The fourth-order valence-corrected chi connectivity index (χ4v) is 4.68. The van der Waals surface area contributed by atoms with Crippen LogP contribution in [0.1, 0.15) is 24.0 Å². The molecule has 1 heterocycles. The third kappa shape index (κ3) is 2.71. The zero-order chi connectivity index (χ0) is 22.6. The van der Waals surface area contributed by atoms with E-state index < -0.39 is 34.4 Å². The Balaban J connectivity index is 2.16. The number of para-hydroxylation sites is 1. The van der Waals surface area contributed by atoms with Gasteiger partial charge in [0.2, 0.25) is 0 Å². The standard InChI is InChI=1S/C22H16F3N3O3/c1-12-17(13-7-3-2-4-8-13)15(11-26)19(27)21(28(29)30)18(12)14-9-5-6-10-16(14)31-20(21)22(23,24)25/h2-10,18,20H,27H2,1H3/t18-,20-,21-/m0/s1. The third-order valence-corrected chi connectivity index (χ3v) is 5.87. The van der Waals surface area contributed by atoms with Crippen molar-refractivity contribution in [2.24, 2.45) is 5.73 Å². The van der Waals surface area contributed by atoms with Crippen molar-refractivity contribution in [3.05, 3.63) is 92.7 Å². The molecule has 1 aliphatic heterocycles. The minimum Gasteiger partial charge on any atom is -0.472 e. The van der Waals surface area contributed by atoms with Gasteiger partial charge < -0.3 is 10.5 Å². The van der Waals surface area contributed by atoms with E-state index in [1.165, 1.54) is 25.1 Å². The summed E-state index contributed by atoms with van der Waals surface area (Å²) in [5, 5.41) is 22.2. The van der Waals surface area contributed by atoms with Crippen LogP contribution in [0.4, 0.5) is 13.2 Å². The van der Waals surface area contributed by atoms with E-state index in [1.807, 2.05) is 6.07 Å². The van der Waals surface area contributed by atoms with E-state index in [-0.39, 0.29) is 22.5 Å². The minimum absolute atomic E-state index is 0.104. The summed E-state index contributed by atoms with van der Waals surface area (Å²) in [7, 11) is 0. The van der Waals surface area contributed by atoms with Crippen molar-refractivity contribution in [2.75, 3.05) is 0 Å². The average Bonchev–Trinajstić information content (AvgIpc) is 2.74. The van der Waals surface area contributed by atoms with Crippen LogP contribution in [-0.2, 0) is 0 Å². The molecule has 2 aromatic carbocycles. The minimum atomic E-state index is -5.12. The first-order chi connectivity index (χ1) is 14.7. The topological polar surface area (TPSA) is 102 Å². The number of halogens is 3. The van der Waals surface area contributed by atoms with Gasteiger partial charge in [-0.2, -0.15) is 18.4 Å². The number of benzene rings is 2. The highest BCUT2D eigenvalue weighted by Gasteiger charge is 2.74. The Morgan fingerprint density at radius 1 is 1.16 bits per heavy atom. The van der Waals surface area contributed by atoms with Gasteiger partial charge in [0, 0.05) is 16.1 Å². The first kappa shape index (κ1) is 20.5. The van der Waals surface area contributed by atoms with Gasteiger partial charge in [0.1, 0.15) is 17.5 Å². The first-order valence-corrected chi connectivity index (χ1v) is 9.29. The smallest absolute Gasteiger partial charge is 0.433 e. The molecule has 2 aromatic rings. The summed E-state index contributed by atoms with van der Waals surface area (Å²) in [6.07, 6.45) is -7.99. The highest BCUT2D eigenvalue weighted by Crippen LogP contribution is 2.58. The summed E-state index contributed by atoms with van der Waals surface area (Å²) in [5.41, 5.74) is 3.37. The van der Waals surface area contributed by atoms with Gasteiger partial charge in [0.25, 0.3) is 6.10 Å². The lowest BCUT2D eigenvalue weighted by molar-refractivity contribution is -0.584. The van der Waals surface area contributed by atoms with Crippen LogP contribution in [0.15, 0.2) is 71.4 Å². The Kier molecular flexibility index (Phi) is 4.54. The molecule has 4 rings (SSSR count). The summed E-state index contributed by atoms with van der Waals surface area (Å²) >= 11 is 0. The largest absolute Gasteiger partial charge is 0.472 e. The summed E-state index contributed by atoms with van der Waals surface area (Å²) in [4.78, 5) is 11.4. The second kappa shape index (κ2) is 6.87. The highest BCUT2D eigenvalue weighted by molar-refractivity contribution is 5.89. The van der Waals surface area contributed by atoms with Crippen molar-refractivity contribution in [1.82, 2.24) is 0 Å². The monoisotopic (exact) mass is 427 g/mol. The maximum Gasteiger partial charge on any atom is 0.433 e. The summed E-state index contributed by atoms with van der Waals surface area (Å²) in [6, 6.07) is 16.2. The predicted octanol–water partition coefficient (Wildman–Crippen LogP) is 4.33. The Bertz CT molecular complexity index is 1180. The molecular weight excluding hydrogens is 411 g/mol. The van der Waals surface area contributed by atoms with Gasteiger partial charge in [-0.3, -0.25) is 10.1 Å². The van der Waals surface area contributed by atoms with E-state index in [1.54, 1.807) is 36.4 Å². The number of nitrogens with two attached hydrogens (primary N) is 1. The van der Waals surface area contributed by atoms with Crippen molar-refractivity contribution >= 4 is 5.57 Å². The van der Waals surface area contributed by atoms with Gasteiger partial charge in [-0.1, -0.05) is 48.5 Å². The van der Waals surface area contributed by atoms with Crippen LogP contribution in [0.3, 0.4) is 0 Å². The van der Waals surface area contributed by atoms with Gasteiger partial charge in [0.05, 0.1) is 11.5 Å². The fourth-order valence-electron chi connectivity index (χ4n) is 4.68. The Labute approximate surface area is 175 Å². The van der Waals surface area contributed by atoms with Crippen molar-refractivity contribution < 1.29 is 22.8 Å². The molecule has 0 spiro atoms. The molecule has 3 atom stereocenters. The molecular formula is C22H16F3N3O3. The molecule has 158 valence electrons. The Morgan fingerprint density at radius 2 is 1.77 bits per heavy atom. The Hall–Kier alpha value is -3.80. The number of rotatable bonds is 2. The van der Waals surface area contributed by atoms with Gasteiger partial charge in [0.15, 0.2) is 0 Å². The van der Waals surface area contributed by atoms with Crippen LogP contribution < -0.4 is 10.5 Å². The normalized spacial score (nSPS) is 25.3. The maximum absolute atomic E-state index is 14.2. The molecule has 0 unspecified atom stereocenters. The summed E-state index contributed by atoms with van der Waals surface area (Å²) < 4.78 is 47.6. The predicted molar refractivity (Wildman–Crippen MR) is 105 cm³/mol. The zero-order valence-corrected chi connectivity index (χ0v) is 16.2. The Morgan fingerprint density at radius 3 is 2.35 bits per heavy atom. The van der Waals surface area contributed by atoms with Crippen LogP contribution >= 0.6 is 0 Å². The van der Waals surface area contributed by atoms with Gasteiger partial charge in [-0.25, -0.2) is 0 Å². The van der Waals surface area contributed by atoms with E-state index in [0.717, 1.165) is 0 Å². The molecule has 0 bridgehead atoms. The zero-order valence-electron chi connectivity index (χ0n) is 16.2. The van der Waals surface area contributed by atoms with Crippen molar-refractivity contribution in [2.45, 2.75) is 30.7 Å². The van der Waals surface area contributed by atoms with Crippen LogP contribution in [0.2, 0.25) is 0 Å². The first-order valence-electron chi connectivity index (χ1n) is 9.29. The molecule has 31 heavy (non-hydrogen) atoms. The number of hydrogen-bond donors (Lipinski definition) is 1. The number of nitro groups is 1. The molecule has 2 N–H and O–H groups in total. The van der Waals surface area contributed by atoms with E-state index >= 15 is 0 Å². The molecule has 2 aliphatic rings. The molecule has 0 saturated heterocycles. The van der Waals surface area contributed by atoms with Crippen LogP contribution in [0.5, 0.6) is 5.75 Å². The number of alkyl halides is 3. The number of fused-ring (bicyclic) bond motifs is 3. The lowest BCUT2D eigenvalue weighted by atomic mass is 9.62. The van der Waals surface area contributed by atoms with Gasteiger partial charge >= 0.3 is 11.7 Å². The molecule has 0 saturated carbocycles. The SMILES string of the molecule is CC1=C(c2ccccc2)C(C#N)=C(N)[C@]2([N+](=O)[O-])[C@@H](C(F)(F)F)Oc3ccccc3[C@H]12. The molecule has 0 amide bonds. The lowest BCUT2D eigenvalue weighted by Crippen LogP contribution is -2.67. The van der Waals surface area contributed by atoms with Crippen LogP contribution in [0, 0.1) is 21.4 Å². The van der Waals surface area contributed by atoms with Gasteiger partial charge in [-0.05, 0) is 24.1 Å². The van der Waals surface area contributed by atoms with E-state index in [9.17, 15) is 28.5 Å². The molecule has 0 aromatic heterocycles. The molecule has 0 fully saturated rings. The molecule has 6 nitrogen and oxygen atoms in total.